The zero-order valence-corrected chi connectivity index (χ0v) is 14.0. The first-order valence-corrected chi connectivity index (χ1v) is 9.03. The van der Waals surface area contributed by atoms with Crippen LogP contribution in [-0.2, 0) is 5.41 Å². The molecule has 1 nitrogen and oxygen atoms in total. The third-order valence-electron chi connectivity index (χ3n) is 5.68. The van der Waals surface area contributed by atoms with Crippen molar-refractivity contribution in [3.8, 4) is 0 Å². The SMILES string of the molecule is CCCNCC1(c2ccccc2Cl)CC2(CCCCC2)C1. The third-order valence-corrected chi connectivity index (χ3v) is 6.01. The molecule has 0 heterocycles. The van der Waals surface area contributed by atoms with Crippen LogP contribution in [0.25, 0.3) is 0 Å². The largest absolute Gasteiger partial charge is 0.316 e. The van der Waals surface area contributed by atoms with Crippen LogP contribution < -0.4 is 5.32 Å². The second kappa shape index (κ2) is 6.30. The van der Waals surface area contributed by atoms with Gasteiger partial charge in [-0.2, -0.15) is 0 Å². The number of halogens is 1. The van der Waals surface area contributed by atoms with Gasteiger partial charge in [0.15, 0.2) is 0 Å². The highest BCUT2D eigenvalue weighted by atomic mass is 35.5. The molecule has 1 spiro atoms. The van der Waals surface area contributed by atoms with Gasteiger partial charge < -0.3 is 5.32 Å². The maximum absolute atomic E-state index is 6.53. The molecule has 2 fully saturated rings. The lowest BCUT2D eigenvalue weighted by Crippen LogP contribution is -2.55. The summed E-state index contributed by atoms with van der Waals surface area (Å²) in [6.07, 6.45) is 11.0. The lowest BCUT2D eigenvalue weighted by atomic mass is 9.46. The van der Waals surface area contributed by atoms with Crippen LogP contribution >= 0.6 is 11.6 Å². The Balaban J connectivity index is 1.79. The summed E-state index contributed by atoms with van der Waals surface area (Å²) in [7, 11) is 0. The summed E-state index contributed by atoms with van der Waals surface area (Å²) in [5, 5.41) is 4.63. The standard InChI is InChI=1S/C19H28ClN/c1-2-12-21-15-19(16-8-4-5-9-17(16)20)13-18(14-19)10-6-3-7-11-18/h4-5,8-9,21H,2-3,6-7,10-15H2,1H3. The summed E-state index contributed by atoms with van der Waals surface area (Å²) in [6.45, 7) is 4.43. The van der Waals surface area contributed by atoms with Crippen LogP contribution in [0.5, 0.6) is 0 Å². The van der Waals surface area contributed by atoms with E-state index in [4.69, 9.17) is 11.6 Å². The Hall–Kier alpha value is -0.530. The smallest absolute Gasteiger partial charge is 0.0444 e. The Kier molecular flexibility index (Phi) is 4.61. The maximum Gasteiger partial charge on any atom is 0.0444 e. The van der Waals surface area contributed by atoms with Crippen LogP contribution in [-0.4, -0.2) is 13.1 Å². The molecule has 0 unspecified atom stereocenters. The van der Waals surface area contributed by atoms with Crippen LogP contribution in [0.2, 0.25) is 5.02 Å². The quantitative estimate of drug-likeness (QED) is 0.726. The molecule has 2 aliphatic carbocycles. The van der Waals surface area contributed by atoms with Crippen LogP contribution in [0.1, 0.15) is 63.9 Å². The van der Waals surface area contributed by atoms with E-state index in [0.717, 1.165) is 18.1 Å². The van der Waals surface area contributed by atoms with Crippen molar-refractivity contribution in [3.05, 3.63) is 34.9 Å². The van der Waals surface area contributed by atoms with Crippen LogP contribution in [0, 0.1) is 5.41 Å². The van der Waals surface area contributed by atoms with E-state index in [1.807, 2.05) is 6.07 Å². The minimum Gasteiger partial charge on any atom is -0.316 e. The van der Waals surface area contributed by atoms with E-state index < -0.39 is 0 Å². The van der Waals surface area contributed by atoms with Crippen molar-refractivity contribution in [2.45, 2.75) is 63.7 Å². The Bertz CT molecular complexity index is 468. The summed E-state index contributed by atoms with van der Waals surface area (Å²) in [6, 6.07) is 8.51. The average molecular weight is 306 g/mol. The predicted octanol–water partition coefficient (Wildman–Crippen LogP) is 5.32. The molecule has 2 saturated carbocycles. The molecule has 21 heavy (non-hydrogen) atoms. The molecule has 0 bridgehead atoms. The van der Waals surface area contributed by atoms with Gasteiger partial charge in [0, 0.05) is 17.0 Å². The van der Waals surface area contributed by atoms with E-state index in [0.29, 0.717) is 5.41 Å². The number of nitrogens with one attached hydrogen (secondary N) is 1. The number of hydrogen-bond acceptors (Lipinski definition) is 1. The first-order valence-electron chi connectivity index (χ1n) is 8.66. The summed E-state index contributed by atoms with van der Waals surface area (Å²) in [4.78, 5) is 0. The monoisotopic (exact) mass is 305 g/mol. The highest BCUT2D eigenvalue weighted by Crippen LogP contribution is 2.62. The first-order chi connectivity index (χ1) is 10.2. The molecular weight excluding hydrogens is 278 g/mol. The normalized spacial score (nSPS) is 23.0. The lowest BCUT2D eigenvalue weighted by Gasteiger charge is -2.59. The molecule has 2 aliphatic rings. The van der Waals surface area contributed by atoms with Gasteiger partial charge in [-0.1, -0.05) is 56.0 Å². The van der Waals surface area contributed by atoms with E-state index in [9.17, 15) is 0 Å². The molecule has 0 aromatic heterocycles. The van der Waals surface area contributed by atoms with Crippen molar-refractivity contribution >= 4 is 11.6 Å². The fourth-order valence-corrected chi connectivity index (χ4v) is 5.18. The van der Waals surface area contributed by atoms with Crippen LogP contribution in [0.3, 0.4) is 0 Å². The minimum atomic E-state index is 0.283. The fourth-order valence-electron chi connectivity index (χ4n) is 4.85. The van der Waals surface area contributed by atoms with Gasteiger partial charge in [0.1, 0.15) is 0 Å². The van der Waals surface area contributed by atoms with Crippen LogP contribution in [0.15, 0.2) is 24.3 Å². The van der Waals surface area contributed by atoms with Crippen molar-refractivity contribution in [1.82, 2.24) is 5.32 Å². The molecular formula is C19H28ClN. The van der Waals surface area contributed by atoms with E-state index in [-0.39, 0.29) is 5.41 Å². The molecule has 1 aromatic carbocycles. The van der Waals surface area contributed by atoms with Gasteiger partial charge in [-0.05, 0) is 55.7 Å². The molecule has 1 N–H and O–H groups in total. The van der Waals surface area contributed by atoms with Gasteiger partial charge in [-0.15, -0.1) is 0 Å². The number of rotatable bonds is 5. The van der Waals surface area contributed by atoms with Crippen molar-refractivity contribution in [1.29, 1.82) is 0 Å². The summed E-state index contributed by atoms with van der Waals surface area (Å²) in [5.74, 6) is 0. The number of benzene rings is 1. The lowest BCUT2D eigenvalue weighted by molar-refractivity contribution is -0.0126. The highest BCUT2D eigenvalue weighted by Gasteiger charge is 2.55. The second-order valence-corrected chi connectivity index (χ2v) is 7.76. The van der Waals surface area contributed by atoms with Gasteiger partial charge in [0.25, 0.3) is 0 Å². The summed E-state index contributed by atoms with van der Waals surface area (Å²) in [5.41, 5.74) is 2.29. The molecule has 0 saturated heterocycles. The summed E-state index contributed by atoms with van der Waals surface area (Å²) < 4.78 is 0. The predicted molar refractivity (Wildman–Crippen MR) is 91.0 cm³/mol. The molecule has 3 rings (SSSR count). The topological polar surface area (TPSA) is 12.0 Å². The molecule has 0 aliphatic heterocycles. The zero-order chi connectivity index (χ0) is 14.8. The first kappa shape index (κ1) is 15.4. The Morgan fingerprint density at radius 2 is 1.81 bits per heavy atom. The van der Waals surface area contributed by atoms with Gasteiger partial charge in [-0.3, -0.25) is 0 Å². The molecule has 0 atom stereocenters. The van der Waals surface area contributed by atoms with E-state index in [1.54, 1.807) is 0 Å². The third kappa shape index (κ3) is 3.00. The van der Waals surface area contributed by atoms with Crippen molar-refractivity contribution in [2.24, 2.45) is 5.41 Å². The Morgan fingerprint density at radius 1 is 1.10 bits per heavy atom. The van der Waals surface area contributed by atoms with Gasteiger partial charge in [-0.25, -0.2) is 0 Å². The Labute approximate surface area is 134 Å². The molecule has 2 heteroatoms. The van der Waals surface area contributed by atoms with Gasteiger partial charge >= 0.3 is 0 Å². The van der Waals surface area contributed by atoms with E-state index in [1.165, 1.54) is 56.9 Å². The molecule has 0 radical (unpaired) electrons. The average Bonchev–Trinajstić information content (AvgIpc) is 2.47. The van der Waals surface area contributed by atoms with Crippen LogP contribution in [0.4, 0.5) is 0 Å². The number of hydrogen-bond donors (Lipinski definition) is 1. The van der Waals surface area contributed by atoms with Crippen molar-refractivity contribution in [3.63, 3.8) is 0 Å². The van der Waals surface area contributed by atoms with E-state index in [2.05, 4.69) is 30.4 Å². The fraction of sp³-hybridized carbons (Fsp3) is 0.684. The second-order valence-electron chi connectivity index (χ2n) is 7.35. The van der Waals surface area contributed by atoms with Gasteiger partial charge in [0.2, 0.25) is 0 Å². The summed E-state index contributed by atoms with van der Waals surface area (Å²) >= 11 is 6.53. The maximum atomic E-state index is 6.53. The van der Waals surface area contributed by atoms with Crippen molar-refractivity contribution < 1.29 is 0 Å². The van der Waals surface area contributed by atoms with Gasteiger partial charge in [0.05, 0.1) is 0 Å². The molecule has 1 aromatic rings. The Morgan fingerprint density at radius 3 is 2.48 bits per heavy atom. The zero-order valence-electron chi connectivity index (χ0n) is 13.3. The highest BCUT2D eigenvalue weighted by molar-refractivity contribution is 6.31. The minimum absolute atomic E-state index is 0.283. The molecule has 0 amide bonds. The molecule has 116 valence electrons. The van der Waals surface area contributed by atoms with Crippen molar-refractivity contribution in [2.75, 3.05) is 13.1 Å². The van der Waals surface area contributed by atoms with E-state index >= 15 is 0 Å².